The Morgan fingerprint density at radius 1 is 1.38 bits per heavy atom. The molecule has 0 aliphatic heterocycles. The van der Waals surface area contributed by atoms with Gasteiger partial charge in [0.25, 0.3) is 0 Å². The molecule has 4 nitrogen and oxygen atoms in total. The Morgan fingerprint density at radius 2 is 2.14 bits per heavy atom. The van der Waals surface area contributed by atoms with Gasteiger partial charge < -0.3 is 5.73 Å². The van der Waals surface area contributed by atoms with Gasteiger partial charge in [-0.2, -0.15) is 0 Å². The van der Waals surface area contributed by atoms with E-state index in [1.165, 1.54) is 19.3 Å². The first-order valence-corrected chi connectivity index (χ1v) is 8.80. The predicted molar refractivity (Wildman–Crippen MR) is 84.3 cm³/mol. The normalized spacial score (nSPS) is 15.1. The minimum atomic E-state index is -3.47. The molecule has 0 amide bonds. The quantitative estimate of drug-likeness (QED) is 0.814. The van der Waals surface area contributed by atoms with Crippen molar-refractivity contribution in [2.24, 2.45) is 11.7 Å². The number of benzene rings is 1. The van der Waals surface area contributed by atoms with Crippen molar-refractivity contribution in [1.82, 2.24) is 4.72 Å². The van der Waals surface area contributed by atoms with Gasteiger partial charge in [-0.15, -0.1) is 0 Å². The van der Waals surface area contributed by atoms with Crippen molar-refractivity contribution in [2.75, 3.05) is 13.1 Å². The largest absolute Gasteiger partial charge is 0.320 e. The van der Waals surface area contributed by atoms with Crippen LogP contribution in [0.1, 0.15) is 36.8 Å². The first-order valence-electron chi connectivity index (χ1n) is 7.32. The Bertz CT molecular complexity index is 653. The molecule has 0 saturated heterocycles. The number of nitrogens with two attached hydrogens (primary N) is 1. The van der Waals surface area contributed by atoms with E-state index in [1.807, 2.05) is 6.07 Å². The topological polar surface area (TPSA) is 72.2 Å². The summed E-state index contributed by atoms with van der Waals surface area (Å²) in [6, 6.07) is 5.20. The molecule has 0 aromatic heterocycles. The van der Waals surface area contributed by atoms with Crippen molar-refractivity contribution in [2.45, 2.75) is 37.5 Å². The van der Waals surface area contributed by atoms with Gasteiger partial charge in [-0.1, -0.05) is 37.2 Å². The molecule has 0 bridgehead atoms. The summed E-state index contributed by atoms with van der Waals surface area (Å²) < 4.78 is 27.5. The highest BCUT2D eigenvalue weighted by atomic mass is 32.2. The van der Waals surface area contributed by atoms with Crippen molar-refractivity contribution in [3.05, 3.63) is 29.3 Å². The van der Waals surface area contributed by atoms with Crippen molar-refractivity contribution in [1.29, 1.82) is 0 Å². The van der Waals surface area contributed by atoms with Crippen molar-refractivity contribution in [3.8, 4) is 11.8 Å². The van der Waals surface area contributed by atoms with Crippen LogP contribution in [0, 0.1) is 24.7 Å². The zero-order chi connectivity index (χ0) is 15.3. The van der Waals surface area contributed by atoms with Gasteiger partial charge in [-0.05, 0) is 37.0 Å². The van der Waals surface area contributed by atoms with Gasteiger partial charge in [-0.25, -0.2) is 13.1 Å². The summed E-state index contributed by atoms with van der Waals surface area (Å²) in [5.74, 6) is 6.30. The maximum absolute atomic E-state index is 12.4. The lowest BCUT2D eigenvalue weighted by atomic mass is 9.83. The third-order valence-corrected chi connectivity index (χ3v) is 5.48. The lowest BCUT2D eigenvalue weighted by molar-refractivity contribution is 0.297. The fourth-order valence-corrected chi connectivity index (χ4v) is 3.69. The molecule has 1 aliphatic carbocycles. The van der Waals surface area contributed by atoms with Crippen LogP contribution in [0.3, 0.4) is 0 Å². The summed E-state index contributed by atoms with van der Waals surface area (Å²) in [5, 5.41) is 0. The van der Waals surface area contributed by atoms with E-state index in [-0.39, 0.29) is 6.54 Å². The van der Waals surface area contributed by atoms with Crippen LogP contribution in [0.4, 0.5) is 0 Å². The van der Waals surface area contributed by atoms with Crippen LogP contribution < -0.4 is 10.5 Å². The van der Waals surface area contributed by atoms with Gasteiger partial charge >= 0.3 is 0 Å². The Morgan fingerprint density at radius 3 is 2.76 bits per heavy atom. The summed E-state index contributed by atoms with van der Waals surface area (Å²) >= 11 is 0. The Kier molecular flexibility index (Phi) is 5.40. The number of rotatable bonds is 5. The van der Waals surface area contributed by atoms with Crippen LogP contribution in [0.25, 0.3) is 0 Å². The summed E-state index contributed by atoms with van der Waals surface area (Å²) in [6.07, 6.45) is 4.65. The molecule has 2 rings (SSSR count). The number of sulfonamides is 1. The molecule has 21 heavy (non-hydrogen) atoms. The molecule has 3 N–H and O–H groups in total. The molecule has 1 aromatic carbocycles. The van der Waals surface area contributed by atoms with Crippen molar-refractivity contribution < 1.29 is 8.42 Å². The third kappa shape index (κ3) is 4.31. The fraction of sp³-hybridized carbons (Fsp3) is 0.500. The molecular formula is C16H22N2O2S. The third-order valence-electron chi connectivity index (χ3n) is 3.88. The average molecular weight is 306 g/mol. The molecule has 0 unspecified atom stereocenters. The second-order valence-corrected chi connectivity index (χ2v) is 7.20. The second-order valence-electron chi connectivity index (χ2n) is 5.47. The average Bonchev–Trinajstić information content (AvgIpc) is 2.40. The van der Waals surface area contributed by atoms with Crippen LogP contribution >= 0.6 is 0 Å². The Labute approximate surface area is 127 Å². The summed E-state index contributed by atoms with van der Waals surface area (Å²) in [6.45, 7) is 2.56. The predicted octanol–water partition coefficient (Wildman–Crippen LogP) is 1.77. The van der Waals surface area contributed by atoms with E-state index < -0.39 is 10.0 Å². The van der Waals surface area contributed by atoms with E-state index in [4.69, 9.17) is 5.73 Å². The van der Waals surface area contributed by atoms with E-state index >= 15 is 0 Å². The van der Waals surface area contributed by atoms with Gasteiger partial charge in [0, 0.05) is 12.1 Å². The van der Waals surface area contributed by atoms with E-state index in [1.54, 1.807) is 19.1 Å². The van der Waals surface area contributed by atoms with Crippen LogP contribution in [0.2, 0.25) is 0 Å². The monoisotopic (exact) mass is 306 g/mol. The van der Waals surface area contributed by atoms with Crippen LogP contribution in [0.5, 0.6) is 0 Å². The van der Waals surface area contributed by atoms with Gasteiger partial charge in [0.2, 0.25) is 10.0 Å². The molecule has 114 valence electrons. The van der Waals surface area contributed by atoms with Crippen LogP contribution in [-0.4, -0.2) is 21.5 Å². The maximum Gasteiger partial charge on any atom is 0.240 e. The molecule has 5 heteroatoms. The number of aryl methyl sites for hydroxylation is 1. The first-order chi connectivity index (χ1) is 10.0. The first kappa shape index (κ1) is 16.0. The van der Waals surface area contributed by atoms with Crippen LogP contribution in [0.15, 0.2) is 23.1 Å². The van der Waals surface area contributed by atoms with Gasteiger partial charge in [0.1, 0.15) is 0 Å². The molecule has 0 radical (unpaired) electrons. The molecule has 1 saturated carbocycles. The van der Waals surface area contributed by atoms with Crippen LogP contribution in [-0.2, 0) is 10.0 Å². The Hall–Kier alpha value is -1.35. The summed E-state index contributed by atoms with van der Waals surface area (Å²) in [7, 11) is -3.47. The second kappa shape index (κ2) is 7.08. The maximum atomic E-state index is 12.4. The highest BCUT2D eigenvalue weighted by Gasteiger charge is 2.20. The minimum Gasteiger partial charge on any atom is -0.320 e. The smallest absolute Gasteiger partial charge is 0.240 e. The van der Waals surface area contributed by atoms with Gasteiger partial charge in [0.05, 0.1) is 11.4 Å². The standard InChI is InChI=1S/C16H22N2O2S/c1-13-7-8-15(6-3-10-17)12-16(13)21(19,20)18-11-9-14-4-2-5-14/h7-8,12,14,18H,2,4-5,9-11,17H2,1H3. The number of hydrogen-bond donors (Lipinski definition) is 2. The van der Waals surface area contributed by atoms with E-state index in [0.29, 0.717) is 22.9 Å². The highest BCUT2D eigenvalue weighted by molar-refractivity contribution is 7.89. The summed E-state index contributed by atoms with van der Waals surface area (Å²) in [5.41, 5.74) is 6.74. The number of nitrogens with one attached hydrogen (secondary N) is 1. The summed E-state index contributed by atoms with van der Waals surface area (Å²) in [4.78, 5) is 0.305. The minimum absolute atomic E-state index is 0.260. The molecule has 1 aliphatic rings. The molecule has 0 spiro atoms. The van der Waals surface area contributed by atoms with Crippen molar-refractivity contribution >= 4 is 10.0 Å². The Balaban J connectivity index is 2.09. The molecular weight excluding hydrogens is 284 g/mol. The SMILES string of the molecule is Cc1ccc(C#CCN)cc1S(=O)(=O)NCCC1CCC1. The fourth-order valence-electron chi connectivity index (χ4n) is 2.38. The van der Waals surface area contributed by atoms with E-state index in [0.717, 1.165) is 12.0 Å². The van der Waals surface area contributed by atoms with E-state index in [9.17, 15) is 8.42 Å². The van der Waals surface area contributed by atoms with Gasteiger partial charge in [-0.3, -0.25) is 0 Å². The number of hydrogen-bond acceptors (Lipinski definition) is 3. The molecule has 0 atom stereocenters. The molecule has 1 fully saturated rings. The van der Waals surface area contributed by atoms with Gasteiger partial charge in [0.15, 0.2) is 0 Å². The zero-order valence-corrected chi connectivity index (χ0v) is 13.2. The molecule has 1 aromatic rings. The zero-order valence-electron chi connectivity index (χ0n) is 12.4. The van der Waals surface area contributed by atoms with Crippen molar-refractivity contribution in [3.63, 3.8) is 0 Å². The lowest BCUT2D eigenvalue weighted by Gasteiger charge is -2.25. The van der Waals surface area contributed by atoms with E-state index in [2.05, 4.69) is 16.6 Å². The highest BCUT2D eigenvalue weighted by Crippen LogP contribution is 2.29. The molecule has 0 heterocycles. The lowest BCUT2D eigenvalue weighted by Crippen LogP contribution is -2.28.